The SMILES string of the molecule is CSc1cccc(NC(=O)COc2ccc(NC(=O)c3ccco3)cc2)c1. The zero-order chi connectivity index (χ0) is 19.1. The van der Waals surface area contributed by atoms with Crippen molar-refractivity contribution >= 4 is 35.0 Å². The normalized spacial score (nSPS) is 10.3. The van der Waals surface area contributed by atoms with Crippen LogP contribution in [0.3, 0.4) is 0 Å². The number of carbonyl (C=O) groups is 2. The molecule has 2 N–H and O–H groups in total. The van der Waals surface area contributed by atoms with Crippen molar-refractivity contribution in [1.82, 2.24) is 0 Å². The number of rotatable bonds is 7. The minimum atomic E-state index is -0.333. The second kappa shape index (κ2) is 8.95. The van der Waals surface area contributed by atoms with Gasteiger partial charge in [-0.15, -0.1) is 11.8 Å². The van der Waals surface area contributed by atoms with Crippen molar-refractivity contribution in [1.29, 1.82) is 0 Å². The van der Waals surface area contributed by atoms with Crippen molar-refractivity contribution < 1.29 is 18.7 Å². The van der Waals surface area contributed by atoms with Crippen LogP contribution in [-0.4, -0.2) is 24.7 Å². The number of furan rings is 1. The summed E-state index contributed by atoms with van der Waals surface area (Å²) in [5.74, 6) is 0.181. The van der Waals surface area contributed by atoms with Gasteiger partial charge < -0.3 is 19.8 Å². The number of benzene rings is 2. The van der Waals surface area contributed by atoms with Gasteiger partial charge in [0.1, 0.15) is 5.75 Å². The molecule has 0 saturated carbocycles. The Bertz CT molecular complexity index is 908. The van der Waals surface area contributed by atoms with E-state index in [9.17, 15) is 9.59 Å². The van der Waals surface area contributed by atoms with Gasteiger partial charge in [-0.1, -0.05) is 6.07 Å². The zero-order valence-corrected chi connectivity index (χ0v) is 15.4. The van der Waals surface area contributed by atoms with Gasteiger partial charge in [0.2, 0.25) is 0 Å². The Balaban J connectivity index is 1.49. The Morgan fingerprint density at radius 2 is 1.81 bits per heavy atom. The highest BCUT2D eigenvalue weighted by atomic mass is 32.2. The second-order valence-electron chi connectivity index (χ2n) is 5.52. The van der Waals surface area contributed by atoms with Gasteiger partial charge in [0.15, 0.2) is 12.4 Å². The van der Waals surface area contributed by atoms with Crippen molar-refractivity contribution in [3.05, 3.63) is 72.7 Å². The van der Waals surface area contributed by atoms with Gasteiger partial charge >= 0.3 is 0 Å². The van der Waals surface area contributed by atoms with Crippen LogP contribution in [0.5, 0.6) is 5.75 Å². The maximum absolute atomic E-state index is 12.0. The molecule has 3 aromatic rings. The first-order valence-electron chi connectivity index (χ1n) is 8.15. The summed E-state index contributed by atoms with van der Waals surface area (Å²) in [5.41, 5.74) is 1.33. The molecule has 0 saturated heterocycles. The van der Waals surface area contributed by atoms with Crippen LogP contribution >= 0.6 is 11.8 Å². The fourth-order valence-electron chi connectivity index (χ4n) is 2.28. The highest BCUT2D eigenvalue weighted by Crippen LogP contribution is 2.19. The van der Waals surface area contributed by atoms with Crippen molar-refractivity contribution in [2.75, 3.05) is 23.5 Å². The van der Waals surface area contributed by atoms with Crippen LogP contribution in [0, 0.1) is 0 Å². The monoisotopic (exact) mass is 382 g/mol. The highest BCUT2D eigenvalue weighted by molar-refractivity contribution is 7.98. The third kappa shape index (κ3) is 5.39. The lowest BCUT2D eigenvalue weighted by Gasteiger charge is -2.09. The number of hydrogen-bond donors (Lipinski definition) is 2. The van der Waals surface area contributed by atoms with Crippen LogP contribution in [0.15, 0.2) is 76.2 Å². The number of carbonyl (C=O) groups excluding carboxylic acids is 2. The number of ether oxygens (including phenoxy) is 1. The van der Waals surface area contributed by atoms with Crippen LogP contribution in [-0.2, 0) is 4.79 Å². The number of thioether (sulfide) groups is 1. The van der Waals surface area contributed by atoms with Gasteiger partial charge in [-0.2, -0.15) is 0 Å². The van der Waals surface area contributed by atoms with Gasteiger partial charge in [-0.25, -0.2) is 0 Å². The van der Waals surface area contributed by atoms with Gasteiger partial charge in [-0.05, 0) is 60.9 Å². The zero-order valence-electron chi connectivity index (χ0n) is 14.6. The summed E-state index contributed by atoms with van der Waals surface area (Å²) >= 11 is 1.61. The van der Waals surface area contributed by atoms with Gasteiger partial charge in [0, 0.05) is 16.3 Å². The van der Waals surface area contributed by atoms with E-state index in [2.05, 4.69) is 10.6 Å². The molecule has 0 fully saturated rings. The maximum atomic E-state index is 12.0. The molecule has 7 heteroatoms. The van der Waals surface area contributed by atoms with Crippen LogP contribution in [0.4, 0.5) is 11.4 Å². The average molecular weight is 382 g/mol. The van der Waals surface area contributed by atoms with Crippen LogP contribution in [0.1, 0.15) is 10.6 Å². The molecule has 1 aromatic heterocycles. The lowest BCUT2D eigenvalue weighted by Crippen LogP contribution is -2.20. The third-order valence-electron chi connectivity index (χ3n) is 3.58. The number of nitrogens with one attached hydrogen (secondary N) is 2. The molecule has 0 bridgehead atoms. The van der Waals surface area contributed by atoms with Crippen LogP contribution in [0.25, 0.3) is 0 Å². The van der Waals surface area contributed by atoms with E-state index in [0.29, 0.717) is 11.4 Å². The molecule has 138 valence electrons. The Kier molecular flexibility index (Phi) is 6.17. The third-order valence-corrected chi connectivity index (χ3v) is 4.31. The predicted octanol–water partition coefficient (Wildman–Crippen LogP) is 4.27. The molecule has 0 aliphatic carbocycles. The van der Waals surface area contributed by atoms with Crippen LogP contribution < -0.4 is 15.4 Å². The van der Waals surface area contributed by atoms with Gasteiger partial charge in [0.05, 0.1) is 6.26 Å². The topological polar surface area (TPSA) is 80.6 Å². The van der Waals surface area contributed by atoms with Crippen molar-refractivity contribution in [3.8, 4) is 5.75 Å². The molecule has 27 heavy (non-hydrogen) atoms. The average Bonchev–Trinajstić information content (AvgIpc) is 3.22. The lowest BCUT2D eigenvalue weighted by atomic mass is 10.3. The largest absolute Gasteiger partial charge is 0.484 e. The maximum Gasteiger partial charge on any atom is 0.291 e. The molecular weight excluding hydrogens is 364 g/mol. The first kappa shape index (κ1) is 18.6. The molecule has 0 aliphatic heterocycles. The molecule has 0 aliphatic rings. The van der Waals surface area contributed by atoms with Crippen LogP contribution in [0.2, 0.25) is 0 Å². The Labute approximate surface area is 160 Å². The predicted molar refractivity (Wildman–Crippen MR) is 105 cm³/mol. The second-order valence-corrected chi connectivity index (χ2v) is 6.40. The molecule has 2 aromatic carbocycles. The summed E-state index contributed by atoms with van der Waals surface area (Å²) in [4.78, 5) is 25.0. The fourth-order valence-corrected chi connectivity index (χ4v) is 2.74. The molecule has 1 heterocycles. The van der Waals surface area contributed by atoms with E-state index in [1.54, 1.807) is 48.2 Å². The molecule has 0 radical (unpaired) electrons. The van der Waals surface area contributed by atoms with E-state index >= 15 is 0 Å². The van der Waals surface area contributed by atoms with Crippen molar-refractivity contribution in [2.24, 2.45) is 0 Å². The summed E-state index contributed by atoms with van der Waals surface area (Å²) in [6.07, 6.45) is 3.42. The molecule has 2 amide bonds. The summed E-state index contributed by atoms with van der Waals surface area (Å²) in [7, 11) is 0. The molecule has 0 atom stereocenters. The Morgan fingerprint density at radius 3 is 2.52 bits per heavy atom. The number of hydrogen-bond acceptors (Lipinski definition) is 5. The minimum absolute atomic E-state index is 0.110. The fraction of sp³-hybridized carbons (Fsp3) is 0.100. The summed E-state index contributed by atoms with van der Waals surface area (Å²) in [6, 6.07) is 17.6. The molecule has 3 rings (SSSR count). The van der Waals surface area contributed by atoms with E-state index in [0.717, 1.165) is 10.6 Å². The standard InChI is InChI=1S/C20H18N2O4S/c1-27-17-5-2-4-15(12-17)21-19(23)13-26-16-9-7-14(8-10-16)22-20(24)18-6-3-11-25-18/h2-12H,13H2,1H3,(H,21,23)(H,22,24). The molecule has 0 spiro atoms. The number of anilines is 2. The minimum Gasteiger partial charge on any atom is -0.484 e. The van der Waals surface area contributed by atoms with Crippen molar-refractivity contribution in [3.63, 3.8) is 0 Å². The Hall–Kier alpha value is -3.19. The first-order valence-corrected chi connectivity index (χ1v) is 9.38. The summed E-state index contributed by atoms with van der Waals surface area (Å²) < 4.78 is 10.5. The van der Waals surface area contributed by atoms with E-state index in [4.69, 9.17) is 9.15 Å². The van der Waals surface area contributed by atoms with E-state index in [-0.39, 0.29) is 24.2 Å². The molecule has 0 unspecified atom stereocenters. The lowest BCUT2D eigenvalue weighted by molar-refractivity contribution is -0.118. The summed E-state index contributed by atoms with van der Waals surface area (Å²) in [5, 5.41) is 5.51. The highest BCUT2D eigenvalue weighted by Gasteiger charge is 2.09. The first-order chi connectivity index (χ1) is 13.1. The molecule has 6 nitrogen and oxygen atoms in total. The van der Waals surface area contributed by atoms with E-state index < -0.39 is 0 Å². The molecular formula is C20H18N2O4S. The van der Waals surface area contributed by atoms with Crippen molar-refractivity contribution in [2.45, 2.75) is 4.90 Å². The number of amides is 2. The smallest absolute Gasteiger partial charge is 0.291 e. The van der Waals surface area contributed by atoms with E-state index in [1.807, 2.05) is 30.5 Å². The van der Waals surface area contributed by atoms with Gasteiger partial charge in [0.25, 0.3) is 11.8 Å². The Morgan fingerprint density at radius 1 is 1.00 bits per heavy atom. The summed E-state index contributed by atoms with van der Waals surface area (Å²) in [6.45, 7) is -0.110. The van der Waals surface area contributed by atoms with Gasteiger partial charge in [-0.3, -0.25) is 9.59 Å². The quantitative estimate of drug-likeness (QED) is 0.597. The van der Waals surface area contributed by atoms with E-state index in [1.165, 1.54) is 6.26 Å².